The molecule has 1 aliphatic heterocycles. The van der Waals surface area contributed by atoms with E-state index >= 15 is 0 Å². The van der Waals surface area contributed by atoms with Gasteiger partial charge in [0.25, 0.3) is 0 Å². The van der Waals surface area contributed by atoms with Crippen molar-refractivity contribution in [2.75, 3.05) is 26.7 Å². The SMILES string of the molecule is CN(Cc1ccsc1)C(CN)CC(=O)N1CCCCC1. The van der Waals surface area contributed by atoms with Crippen LogP contribution in [0.5, 0.6) is 0 Å². The molecule has 1 aliphatic rings. The van der Waals surface area contributed by atoms with Crippen molar-refractivity contribution in [3.8, 4) is 0 Å². The number of hydrogen-bond acceptors (Lipinski definition) is 4. The molecule has 112 valence electrons. The normalized spacial score (nSPS) is 17.4. The molecule has 0 bridgehead atoms. The number of hydrogen-bond donors (Lipinski definition) is 1. The van der Waals surface area contributed by atoms with Crippen molar-refractivity contribution < 1.29 is 4.79 Å². The first-order chi connectivity index (χ1) is 9.70. The Hall–Kier alpha value is -0.910. The summed E-state index contributed by atoms with van der Waals surface area (Å²) in [6.45, 7) is 3.23. The number of thiophene rings is 1. The molecule has 0 spiro atoms. The third-order valence-corrected chi connectivity index (χ3v) is 4.76. The van der Waals surface area contributed by atoms with Crippen LogP contribution < -0.4 is 5.73 Å². The van der Waals surface area contributed by atoms with E-state index in [2.05, 4.69) is 28.8 Å². The minimum atomic E-state index is 0.129. The second-order valence-electron chi connectivity index (χ2n) is 5.58. The lowest BCUT2D eigenvalue weighted by atomic mass is 10.1. The highest BCUT2D eigenvalue weighted by molar-refractivity contribution is 7.07. The Morgan fingerprint density at radius 3 is 2.80 bits per heavy atom. The minimum absolute atomic E-state index is 0.129. The number of nitrogens with two attached hydrogens (primary N) is 1. The zero-order valence-corrected chi connectivity index (χ0v) is 13.1. The molecule has 2 heterocycles. The van der Waals surface area contributed by atoms with Gasteiger partial charge in [-0.25, -0.2) is 0 Å². The van der Waals surface area contributed by atoms with Crippen LogP contribution in [0.1, 0.15) is 31.2 Å². The lowest BCUT2D eigenvalue weighted by Gasteiger charge is -2.31. The second-order valence-corrected chi connectivity index (χ2v) is 6.36. The predicted octanol–water partition coefficient (Wildman–Crippen LogP) is 1.91. The van der Waals surface area contributed by atoms with E-state index in [1.165, 1.54) is 12.0 Å². The molecule has 4 nitrogen and oxygen atoms in total. The first-order valence-corrected chi connectivity index (χ1v) is 8.34. The van der Waals surface area contributed by atoms with Gasteiger partial charge in [-0.2, -0.15) is 11.3 Å². The average Bonchev–Trinajstić information content (AvgIpc) is 2.98. The Balaban J connectivity index is 1.85. The zero-order valence-electron chi connectivity index (χ0n) is 12.3. The number of carbonyl (C=O) groups excluding carboxylic acids is 1. The van der Waals surface area contributed by atoms with Crippen LogP contribution >= 0.6 is 11.3 Å². The molecule has 1 aromatic heterocycles. The number of piperidine rings is 1. The van der Waals surface area contributed by atoms with Crippen LogP contribution in [0.2, 0.25) is 0 Å². The van der Waals surface area contributed by atoms with Gasteiger partial charge < -0.3 is 10.6 Å². The summed E-state index contributed by atoms with van der Waals surface area (Å²) in [6.07, 6.45) is 4.08. The molecule has 1 amide bonds. The number of likely N-dealkylation sites (N-methyl/N-ethyl adjacent to an activating group) is 1. The van der Waals surface area contributed by atoms with Crippen LogP contribution in [-0.2, 0) is 11.3 Å². The molecule has 0 aromatic carbocycles. The Morgan fingerprint density at radius 2 is 2.20 bits per heavy atom. The number of rotatable bonds is 6. The van der Waals surface area contributed by atoms with E-state index in [1.54, 1.807) is 11.3 Å². The van der Waals surface area contributed by atoms with Crippen molar-refractivity contribution in [3.63, 3.8) is 0 Å². The fraction of sp³-hybridized carbons (Fsp3) is 0.667. The summed E-state index contributed by atoms with van der Waals surface area (Å²) in [5.74, 6) is 0.261. The third kappa shape index (κ3) is 4.30. The number of likely N-dealkylation sites (tertiary alicyclic amines) is 1. The maximum absolute atomic E-state index is 12.3. The molecule has 0 saturated carbocycles. The smallest absolute Gasteiger partial charge is 0.224 e. The minimum Gasteiger partial charge on any atom is -0.343 e. The predicted molar refractivity (Wildman–Crippen MR) is 83.7 cm³/mol. The summed E-state index contributed by atoms with van der Waals surface area (Å²) in [4.78, 5) is 16.5. The van der Waals surface area contributed by atoms with Crippen molar-refractivity contribution in [2.45, 2.75) is 38.3 Å². The van der Waals surface area contributed by atoms with Gasteiger partial charge in [0.1, 0.15) is 0 Å². The van der Waals surface area contributed by atoms with Crippen LogP contribution in [0.4, 0.5) is 0 Å². The molecule has 20 heavy (non-hydrogen) atoms. The molecule has 2 rings (SSSR count). The van der Waals surface area contributed by atoms with Crippen molar-refractivity contribution >= 4 is 17.2 Å². The van der Waals surface area contributed by atoms with E-state index in [-0.39, 0.29) is 11.9 Å². The molecule has 0 radical (unpaired) electrons. The van der Waals surface area contributed by atoms with E-state index in [1.807, 2.05) is 4.90 Å². The monoisotopic (exact) mass is 295 g/mol. The van der Waals surface area contributed by atoms with Gasteiger partial charge in [0.2, 0.25) is 5.91 Å². The Bertz CT molecular complexity index is 401. The maximum atomic E-state index is 12.3. The first kappa shape index (κ1) is 15.5. The zero-order chi connectivity index (χ0) is 14.4. The van der Waals surface area contributed by atoms with Gasteiger partial charge in [-0.15, -0.1) is 0 Å². The molecule has 1 saturated heterocycles. The number of nitrogens with zero attached hydrogens (tertiary/aromatic N) is 2. The number of carbonyl (C=O) groups is 1. The highest BCUT2D eigenvalue weighted by atomic mass is 32.1. The van der Waals surface area contributed by atoms with E-state index in [9.17, 15) is 4.79 Å². The maximum Gasteiger partial charge on any atom is 0.224 e. The average molecular weight is 295 g/mol. The number of amides is 1. The van der Waals surface area contributed by atoms with E-state index in [4.69, 9.17) is 5.73 Å². The van der Waals surface area contributed by atoms with Crippen molar-refractivity contribution in [1.82, 2.24) is 9.80 Å². The van der Waals surface area contributed by atoms with Crippen LogP contribution in [0.15, 0.2) is 16.8 Å². The van der Waals surface area contributed by atoms with Gasteiger partial charge in [-0.05, 0) is 48.7 Å². The van der Waals surface area contributed by atoms with Gasteiger partial charge in [0.15, 0.2) is 0 Å². The summed E-state index contributed by atoms with van der Waals surface area (Å²) in [5, 5.41) is 4.23. The molecule has 1 fully saturated rings. The van der Waals surface area contributed by atoms with Crippen molar-refractivity contribution in [1.29, 1.82) is 0 Å². The molecule has 1 aromatic rings. The highest BCUT2D eigenvalue weighted by Gasteiger charge is 2.22. The third-order valence-electron chi connectivity index (χ3n) is 4.03. The van der Waals surface area contributed by atoms with E-state index in [0.717, 1.165) is 32.5 Å². The fourth-order valence-electron chi connectivity index (χ4n) is 2.69. The second kappa shape index (κ2) is 7.76. The Morgan fingerprint density at radius 1 is 1.45 bits per heavy atom. The van der Waals surface area contributed by atoms with Crippen molar-refractivity contribution in [2.24, 2.45) is 5.73 Å². The van der Waals surface area contributed by atoms with E-state index < -0.39 is 0 Å². The Kier molecular flexibility index (Phi) is 6.01. The molecular weight excluding hydrogens is 270 g/mol. The molecule has 0 aliphatic carbocycles. The fourth-order valence-corrected chi connectivity index (χ4v) is 3.35. The molecule has 1 unspecified atom stereocenters. The van der Waals surface area contributed by atoms with Gasteiger partial charge in [0.05, 0.1) is 0 Å². The van der Waals surface area contributed by atoms with Gasteiger partial charge in [0, 0.05) is 38.6 Å². The van der Waals surface area contributed by atoms with Crippen LogP contribution in [0.25, 0.3) is 0 Å². The summed E-state index contributed by atoms with van der Waals surface area (Å²) in [6, 6.07) is 2.26. The lowest BCUT2D eigenvalue weighted by Crippen LogP contribution is -2.44. The van der Waals surface area contributed by atoms with Gasteiger partial charge >= 0.3 is 0 Å². The Labute approximate surface area is 125 Å². The quantitative estimate of drug-likeness (QED) is 0.872. The van der Waals surface area contributed by atoms with Crippen molar-refractivity contribution in [3.05, 3.63) is 22.4 Å². The topological polar surface area (TPSA) is 49.6 Å². The van der Waals surface area contributed by atoms with Gasteiger partial charge in [-0.3, -0.25) is 9.69 Å². The molecule has 1 atom stereocenters. The largest absolute Gasteiger partial charge is 0.343 e. The summed E-state index contributed by atoms with van der Waals surface area (Å²) in [7, 11) is 2.05. The van der Waals surface area contributed by atoms with Crippen LogP contribution in [-0.4, -0.2) is 48.4 Å². The standard InChI is InChI=1S/C15H25N3OS/c1-17(11-13-5-8-20-12-13)14(10-16)9-15(19)18-6-3-2-4-7-18/h5,8,12,14H,2-4,6-7,9-11,16H2,1H3. The molecular formula is C15H25N3OS. The molecule has 5 heteroatoms. The summed E-state index contributed by atoms with van der Waals surface area (Å²) >= 11 is 1.70. The first-order valence-electron chi connectivity index (χ1n) is 7.40. The van der Waals surface area contributed by atoms with Crippen LogP contribution in [0.3, 0.4) is 0 Å². The summed E-state index contributed by atoms with van der Waals surface area (Å²) in [5.41, 5.74) is 7.16. The molecule has 2 N–H and O–H groups in total. The van der Waals surface area contributed by atoms with Gasteiger partial charge in [-0.1, -0.05) is 0 Å². The lowest BCUT2D eigenvalue weighted by molar-refractivity contribution is -0.133. The summed E-state index contributed by atoms with van der Waals surface area (Å²) < 4.78 is 0. The van der Waals surface area contributed by atoms with Crippen LogP contribution in [0, 0.1) is 0 Å². The highest BCUT2D eigenvalue weighted by Crippen LogP contribution is 2.14. The van der Waals surface area contributed by atoms with E-state index in [0.29, 0.717) is 13.0 Å².